The molecule has 0 saturated carbocycles. The lowest BCUT2D eigenvalue weighted by Gasteiger charge is -2.46. The van der Waals surface area contributed by atoms with Gasteiger partial charge in [-0.15, -0.1) is 0 Å². The molecule has 1 N–H and O–H groups in total. The van der Waals surface area contributed by atoms with E-state index in [-0.39, 0.29) is 11.5 Å². The summed E-state index contributed by atoms with van der Waals surface area (Å²) in [6.07, 6.45) is -6.00. The van der Waals surface area contributed by atoms with Crippen LogP contribution in [0.25, 0.3) is 0 Å². The molecule has 0 aliphatic carbocycles. The van der Waals surface area contributed by atoms with E-state index < -0.39 is 47.1 Å². The summed E-state index contributed by atoms with van der Waals surface area (Å²) in [4.78, 5) is -0.0102. The molecule has 2 aromatic rings. The predicted molar refractivity (Wildman–Crippen MR) is 105 cm³/mol. The third-order valence-electron chi connectivity index (χ3n) is 5.16. The highest BCUT2D eigenvalue weighted by atomic mass is 32.2. The van der Waals surface area contributed by atoms with Gasteiger partial charge in [0.2, 0.25) is 0 Å². The molecule has 0 aromatic heterocycles. The van der Waals surface area contributed by atoms with Crippen molar-refractivity contribution in [2.24, 2.45) is 0 Å². The predicted octanol–water partition coefficient (Wildman–Crippen LogP) is 1.92. The fourth-order valence-electron chi connectivity index (χ4n) is 3.55. The monoisotopic (exact) mass is 436 g/mol. The summed E-state index contributed by atoms with van der Waals surface area (Å²) in [5, 5.41) is 10.7. The van der Waals surface area contributed by atoms with Gasteiger partial charge in [-0.3, -0.25) is 4.18 Å². The minimum atomic E-state index is -4.17. The number of aryl methyl sites for hydroxylation is 1. The van der Waals surface area contributed by atoms with Crippen molar-refractivity contribution >= 4 is 10.1 Å². The Morgan fingerprint density at radius 2 is 1.73 bits per heavy atom. The minimum absolute atomic E-state index is 0.0102. The Balaban J connectivity index is 1.61. The molecule has 162 valence electrons. The lowest BCUT2D eigenvalue weighted by atomic mass is 9.98. The molecular weight excluding hydrogens is 412 g/mol. The van der Waals surface area contributed by atoms with Crippen LogP contribution in [0.3, 0.4) is 0 Å². The van der Waals surface area contributed by atoms with Crippen molar-refractivity contribution in [3.8, 4) is 0 Å². The summed E-state index contributed by atoms with van der Waals surface area (Å²) >= 11 is 0. The molecule has 1 unspecified atom stereocenters. The summed E-state index contributed by atoms with van der Waals surface area (Å²) < 4.78 is 53.9. The summed E-state index contributed by atoms with van der Waals surface area (Å²) in [6, 6.07) is 15.5. The quantitative estimate of drug-likeness (QED) is 0.710. The van der Waals surface area contributed by atoms with Crippen molar-refractivity contribution in [2.45, 2.75) is 48.8 Å². The number of benzene rings is 2. The largest absolute Gasteiger partial charge is 0.385 e. The van der Waals surface area contributed by atoms with E-state index in [1.807, 2.05) is 37.3 Å². The number of methoxy groups -OCH3 is 1. The standard InChI is InChI=1S/C21H24O8S/c1-13-8-10-15(11-9-13)30(23,24)29-19-17(22)21(25-2)27-16-12-26-20(28-18(16)19)14-6-4-3-5-7-14/h3-11,16-22H,12H2,1-2H3/t16-,17-,18+,19-,20?,21-/m1/s1. The summed E-state index contributed by atoms with van der Waals surface area (Å²) in [7, 11) is -2.81. The third kappa shape index (κ3) is 4.28. The van der Waals surface area contributed by atoms with Gasteiger partial charge < -0.3 is 24.1 Å². The first-order valence-electron chi connectivity index (χ1n) is 9.57. The first-order valence-corrected chi connectivity index (χ1v) is 11.0. The van der Waals surface area contributed by atoms with E-state index in [1.165, 1.54) is 19.2 Å². The Hall–Kier alpha value is -1.85. The molecule has 4 rings (SSSR count). The SMILES string of the molecule is CO[C@@H]1O[C@@H]2COC(c3ccccc3)O[C@@H]2[C@H](OS(=O)(=O)c2ccc(C)cc2)[C@H]1O. The third-order valence-corrected chi connectivity index (χ3v) is 6.48. The average molecular weight is 436 g/mol. The molecule has 30 heavy (non-hydrogen) atoms. The minimum Gasteiger partial charge on any atom is -0.385 e. The lowest BCUT2D eigenvalue weighted by Crippen LogP contribution is -2.63. The van der Waals surface area contributed by atoms with Crippen LogP contribution in [-0.2, 0) is 33.2 Å². The molecule has 0 bridgehead atoms. The summed E-state index contributed by atoms with van der Waals surface area (Å²) in [5.41, 5.74) is 1.68. The lowest BCUT2D eigenvalue weighted by molar-refractivity contribution is -0.354. The Kier molecular flexibility index (Phi) is 6.21. The van der Waals surface area contributed by atoms with Gasteiger partial charge in [0.15, 0.2) is 12.6 Å². The van der Waals surface area contributed by atoms with E-state index in [1.54, 1.807) is 12.1 Å². The zero-order chi connectivity index (χ0) is 21.3. The van der Waals surface area contributed by atoms with E-state index in [9.17, 15) is 13.5 Å². The van der Waals surface area contributed by atoms with Gasteiger partial charge in [-0.2, -0.15) is 8.42 Å². The normalized spacial score (nSPS) is 31.8. The molecule has 0 amide bonds. The van der Waals surface area contributed by atoms with Crippen LogP contribution in [0, 0.1) is 6.92 Å². The highest BCUT2D eigenvalue weighted by Crippen LogP contribution is 2.36. The van der Waals surface area contributed by atoms with E-state index in [0.29, 0.717) is 0 Å². The molecule has 6 atom stereocenters. The first kappa shape index (κ1) is 21.4. The van der Waals surface area contributed by atoms with Gasteiger partial charge in [0.25, 0.3) is 10.1 Å². The fourth-order valence-corrected chi connectivity index (χ4v) is 4.65. The van der Waals surface area contributed by atoms with Crippen LogP contribution in [0.15, 0.2) is 59.5 Å². The second-order valence-electron chi connectivity index (χ2n) is 7.27. The van der Waals surface area contributed by atoms with E-state index in [2.05, 4.69) is 0 Å². The maximum atomic E-state index is 12.9. The zero-order valence-corrected chi connectivity index (χ0v) is 17.4. The van der Waals surface area contributed by atoms with E-state index in [4.69, 9.17) is 23.1 Å². The topological polar surface area (TPSA) is 101 Å². The Bertz CT molecular complexity index is 947. The maximum absolute atomic E-state index is 12.9. The Morgan fingerprint density at radius 1 is 1.03 bits per heavy atom. The van der Waals surface area contributed by atoms with E-state index in [0.717, 1.165) is 11.1 Å². The number of aliphatic hydroxyl groups excluding tert-OH is 1. The average Bonchev–Trinajstić information content (AvgIpc) is 2.76. The maximum Gasteiger partial charge on any atom is 0.297 e. The van der Waals surface area contributed by atoms with Crippen LogP contribution in [0.5, 0.6) is 0 Å². The molecule has 9 heteroatoms. The Labute approximate surface area is 175 Å². The highest BCUT2D eigenvalue weighted by Gasteiger charge is 2.52. The van der Waals surface area contributed by atoms with Gasteiger partial charge in [0.05, 0.1) is 11.5 Å². The van der Waals surface area contributed by atoms with Gasteiger partial charge in [0.1, 0.15) is 24.4 Å². The van der Waals surface area contributed by atoms with Crippen LogP contribution in [-0.4, -0.2) is 57.9 Å². The second kappa shape index (κ2) is 8.72. The summed E-state index contributed by atoms with van der Waals surface area (Å²) in [5.74, 6) is 0. The highest BCUT2D eigenvalue weighted by molar-refractivity contribution is 7.86. The molecule has 2 aliphatic heterocycles. The van der Waals surface area contributed by atoms with Crippen LogP contribution >= 0.6 is 0 Å². The van der Waals surface area contributed by atoms with E-state index >= 15 is 0 Å². The molecule has 2 saturated heterocycles. The van der Waals surface area contributed by atoms with Gasteiger partial charge in [0, 0.05) is 12.7 Å². The zero-order valence-electron chi connectivity index (χ0n) is 16.6. The van der Waals surface area contributed by atoms with Gasteiger partial charge in [-0.1, -0.05) is 48.0 Å². The Morgan fingerprint density at radius 3 is 2.40 bits per heavy atom. The number of aliphatic hydroxyl groups is 1. The molecule has 0 spiro atoms. The van der Waals surface area contributed by atoms with Crippen molar-refractivity contribution in [1.29, 1.82) is 0 Å². The van der Waals surface area contributed by atoms with Gasteiger partial charge >= 0.3 is 0 Å². The van der Waals surface area contributed by atoms with Gasteiger partial charge in [-0.25, -0.2) is 0 Å². The van der Waals surface area contributed by atoms with Crippen molar-refractivity contribution < 1.29 is 36.7 Å². The first-order chi connectivity index (χ1) is 14.4. The number of hydrogen-bond acceptors (Lipinski definition) is 8. The second-order valence-corrected chi connectivity index (χ2v) is 8.85. The summed E-state index contributed by atoms with van der Waals surface area (Å²) in [6.45, 7) is 1.98. The molecule has 2 aromatic carbocycles. The van der Waals surface area contributed by atoms with Crippen molar-refractivity contribution in [2.75, 3.05) is 13.7 Å². The van der Waals surface area contributed by atoms with Crippen LogP contribution in [0.2, 0.25) is 0 Å². The number of ether oxygens (including phenoxy) is 4. The smallest absolute Gasteiger partial charge is 0.297 e. The number of rotatable bonds is 5. The van der Waals surface area contributed by atoms with Crippen LogP contribution in [0.1, 0.15) is 17.4 Å². The van der Waals surface area contributed by atoms with Crippen molar-refractivity contribution in [3.63, 3.8) is 0 Å². The molecule has 8 nitrogen and oxygen atoms in total. The molecule has 2 aliphatic rings. The van der Waals surface area contributed by atoms with Crippen LogP contribution in [0.4, 0.5) is 0 Å². The van der Waals surface area contributed by atoms with Crippen molar-refractivity contribution in [1.82, 2.24) is 0 Å². The van der Waals surface area contributed by atoms with Crippen molar-refractivity contribution in [3.05, 3.63) is 65.7 Å². The van der Waals surface area contributed by atoms with Crippen LogP contribution < -0.4 is 0 Å². The fraction of sp³-hybridized carbons (Fsp3) is 0.429. The molecular formula is C21H24O8S. The number of fused-ring (bicyclic) bond motifs is 1. The van der Waals surface area contributed by atoms with Gasteiger partial charge in [-0.05, 0) is 19.1 Å². The molecule has 0 radical (unpaired) electrons. The molecule has 2 heterocycles. The molecule has 2 fully saturated rings. The number of hydrogen-bond donors (Lipinski definition) is 1.